The minimum atomic E-state index is -3.44. The number of sulfonamides is 1. The van der Waals surface area contributed by atoms with Gasteiger partial charge in [-0.15, -0.1) is 11.8 Å². The molecule has 0 amide bonds. The predicted molar refractivity (Wildman–Crippen MR) is 83.3 cm³/mol. The molecule has 0 saturated heterocycles. The van der Waals surface area contributed by atoms with Crippen LogP contribution in [0.25, 0.3) is 0 Å². The number of thioether (sulfide) groups is 1. The zero-order valence-corrected chi connectivity index (χ0v) is 13.4. The van der Waals surface area contributed by atoms with Crippen molar-refractivity contribution in [2.75, 3.05) is 14.1 Å². The standard InChI is InChI=1S/C15H16FNO2S2/c1-17(2)21(18,19)13-7-5-6-12(10-13)11-20-15-9-4-3-8-14(15)16/h3-10H,11H2,1-2H3. The molecular weight excluding hydrogens is 309 g/mol. The molecule has 21 heavy (non-hydrogen) atoms. The average molecular weight is 325 g/mol. The normalized spacial score (nSPS) is 11.8. The number of halogens is 1. The van der Waals surface area contributed by atoms with E-state index in [1.807, 2.05) is 6.07 Å². The minimum Gasteiger partial charge on any atom is -0.207 e. The fourth-order valence-electron chi connectivity index (χ4n) is 1.73. The molecule has 0 N–H and O–H groups in total. The average Bonchev–Trinajstić information content (AvgIpc) is 2.46. The van der Waals surface area contributed by atoms with Crippen molar-refractivity contribution >= 4 is 21.8 Å². The molecule has 112 valence electrons. The first-order chi connectivity index (χ1) is 9.91. The van der Waals surface area contributed by atoms with Gasteiger partial charge < -0.3 is 0 Å². The second-order valence-corrected chi connectivity index (χ2v) is 7.82. The zero-order chi connectivity index (χ0) is 15.5. The zero-order valence-electron chi connectivity index (χ0n) is 11.8. The molecule has 0 aromatic heterocycles. The molecule has 2 rings (SSSR count). The molecule has 0 aliphatic carbocycles. The number of nitrogens with zero attached hydrogens (tertiary/aromatic N) is 1. The lowest BCUT2D eigenvalue weighted by atomic mass is 10.2. The summed E-state index contributed by atoms with van der Waals surface area (Å²) in [7, 11) is -0.448. The first-order valence-corrected chi connectivity index (χ1v) is 8.72. The molecule has 0 atom stereocenters. The Morgan fingerprint density at radius 2 is 1.81 bits per heavy atom. The van der Waals surface area contributed by atoms with E-state index in [1.54, 1.807) is 36.4 Å². The van der Waals surface area contributed by atoms with E-state index in [-0.39, 0.29) is 10.7 Å². The Kier molecular flexibility index (Phi) is 5.03. The summed E-state index contributed by atoms with van der Waals surface area (Å²) in [5, 5.41) is 0. The lowest BCUT2D eigenvalue weighted by Gasteiger charge is -2.12. The molecule has 2 aromatic carbocycles. The SMILES string of the molecule is CN(C)S(=O)(=O)c1cccc(CSc2ccccc2F)c1. The number of benzene rings is 2. The molecule has 0 radical (unpaired) electrons. The molecule has 0 fully saturated rings. The Morgan fingerprint density at radius 3 is 2.48 bits per heavy atom. The van der Waals surface area contributed by atoms with Crippen molar-refractivity contribution in [3.8, 4) is 0 Å². The van der Waals surface area contributed by atoms with E-state index in [0.29, 0.717) is 10.6 Å². The Balaban J connectivity index is 2.18. The lowest BCUT2D eigenvalue weighted by Crippen LogP contribution is -2.22. The first-order valence-electron chi connectivity index (χ1n) is 6.30. The molecular formula is C15H16FNO2S2. The highest BCUT2D eigenvalue weighted by Gasteiger charge is 2.17. The molecule has 0 spiro atoms. The van der Waals surface area contributed by atoms with Crippen LogP contribution in [0.3, 0.4) is 0 Å². The third-order valence-corrected chi connectivity index (χ3v) is 5.84. The van der Waals surface area contributed by atoms with E-state index in [2.05, 4.69) is 0 Å². The van der Waals surface area contributed by atoms with Crippen LogP contribution in [0.15, 0.2) is 58.3 Å². The van der Waals surface area contributed by atoms with Crippen molar-refractivity contribution in [3.05, 3.63) is 59.9 Å². The van der Waals surface area contributed by atoms with Gasteiger partial charge in [-0.05, 0) is 29.8 Å². The Labute approximate surface area is 128 Å². The molecule has 0 aliphatic heterocycles. The molecule has 0 saturated carbocycles. The smallest absolute Gasteiger partial charge is 0.207 e. The molecule has 0 aliphatic rings. The summed E-state index contributed by atoms with van der Waals surface area (Å²) >= 11 is 1.34. The van der Waals surface area contributed by atoms with Crippen LogP contribution in [-0.2, 0) is 15.8 Å². The van der Waals surface area contributed by atoms with Crippen molar-refractivity contribution < 1.29 is 12.8 Å². The van der Waals surface area contributed by atoms with Crippen LogP contribution in [0.4, 0.5) is 4.39 Å². The summed E-state index contributed by atoms with van der Waals surface area (Å²) in [5.74, 6) is 0.247. The van der Waals surface area contributed by atoms with Gasteiger partial charge in [-0.1, -0.05) is 24.3 Å². The first kappa shape index (κ1) is 16.0. The third-order valence-electron chi connectivity index (χ3n) is 2.91. The minimum absolute atomic E-state index is 0.249. The third kappa shape index (κ3) is 3.84. The van der Waals surface area contributed by atoms with Crippen LogP contribution >= 0.6 is 11.8 Å². The maximum absolute atomic E-state index is 13.5. The van der Waals surface area contributed by atoms with Gasteiger partial charge in [-0.2, -0.15) is 0 Å². The van der Waals surface area contributed by atoms with Crippen LogP contribution in [0, 0.1) is 5.82 Å². The van der Waals surface area contributed by atoms with Gasteiger partial charge in [0, 0.05) is 24.7 Å². The fourth-order valence-corrected chi connectivity index (χ4v) is 3.58. The summed E-state index contributed by atoms with van der Waals surface area (Å²) in [6.45, 7) is 0. The van der Waals surface area contributed by atoms with Gasteiger partial charge in [0.05, 0.1) is 4.90 Å². The maximum atomic E-state index is 13.5. The van der Waals surface area contributed by atoms with Gasteiger partial charge in [0.15, 0.2) is 0 Å². The second kappa shape index (κ2) is 6.60. The van der Waals surface area contributed by atoms with Gasteiger partial charge in [0.2, 0.25) is 10.0 Å². The van der Waals surface area contributed by atoms with Crippen LogP contribution < -0.4 is 0 Å². The van der Waals surface area contributed by atoms with Crippen molar-refractivity contribution in [2.45, 2.75) is 15.5 Å². The second-order valence-electron chi connectivity index (χ2n) is 4.65. The van der Waals surface area contributed by atoms with Crippen molar-refractivity contribution in [1.82, 2.24) is 4.31 Å². The quantitative estimate of drug-likeness (QED) is 0.791. The highest BCUT2D eigenvalue weighted by Crippen LogP contribution is 2.26. The number of hydrogen-bond donors (Lipinski definition) is 0. The Bertz CT molecular complexity index is 730. The summed E-state index contributed by atoms with van der Waals surface area (Å²) in [5.41, 5.74) is 0.839. The van der Waals surface area contributed by atoms with Crippen molar-refractivity contribution in [2.24, 2.45) is 0 Å². The van der Waals surface area contributed by atoms with Crippen molar-refractivity contribution in [1.29, 1.82) is 0 Å². The van der Waals surface area contributed by atoms with Crippen molar-refractivity contribution in [3.63, 3.8) is 0 Å². The van der Waals surface area contributed by atoms with E-state index in [1.165, 1.54) is 36.2 Å². The van der Waals surface area contributed by atoms with E-state index >= 15 is 0 Å². The lowest BCUT2D eigenvalue weighted by molar-refractivity contribution is 0.520. The number of rotatable bonds is 5. The largest absolute Gasteiger partial charge is 0.242 e. The Morgan fingerprint density at radius 1 is 1.10 bits per heavy atom. The molecule has 0 heterocycles. The highest BCUT2D eigenvalue weighted by molar-refractivity contribution is 7.98. The molecule has 6 heteroatoms. The van der Waals surface area contributed by atoms with Gasteiger partial charge in [-0.3, -0.25) is 0 Å². The summed E-state index contributed by atoms with van der Waals surface area (Å²) in [6, 6.07) is 13.3. The van der Waals surface area contributed by atoms with Crippen LogP contribution in [-0.4, -0.2) is 26.8 Å². The molecule has 0 bridgehead atoms. The van der Waals surface area contributed by atoms with Crippen LogP contribution in [0.2, 0.25) is 0 Å². The van der Waals surface area contributed by atoms with E-state index in [4.69, 9.17) is 0 Å². The van der Waals surface area contributed by atoms with Gasteiger partial charge >= 0.3 is 0 Å². The van der Waals surface area contributed by atoms with E-state index in [0.717, 1.165) is 5.56 Å². The predicted octanol–water partition coefficient (Wildman–Crippen LogP) is 3.37. The maximum Gasteiger partial charge on any atom is 0.242 e. The summed E-state index contributed by atoms with van der Waals surface area (Å²) in [6.07, 6.45) is 0. The highest BCUT2D eigenvalue weighted by atomic mass is 32.2. The number of hydrogen-bond acceptors (Lipinski definition) is 3. The summed E-state index contributed by atoms with van der Waals surface area (Å²) in [4.78, 5) is 0.803. The summed E-state index contributed by atoms with van der Waals surface area (Å²) < 4.78 is 38.9. The molecule has 0 unspecified atom stereocenters. The van der Waals surface area contributed by atoms with Crippen LogP contribution in [0.5, 0.6) is 0 Å². The monoisotopic (exact) mass is 325 g/mol. The van der Waals surface area contributed by atoms with Gasteiger partial charge in [-0.25, -0.2) is 17.1 Å². The van der Waals surface area contributed by atoms with E-state index < -0.39 is 10.0 Å². The fraction of sp³-hybridized carbons (Fsp3) is 0.200. The molecule has 3 nitrogen and oxygen atoms in total. The van der Waals surface area contributed by atoms with Gasteiger partial charge in [0.1, 0.15) is 5.82 Å². The Hall–Kier alpha value is -1.37. The van der Waals surface area contributed by atoms with Crippen LogP contribution in [0.1, 0.15) is 5.56 Å². The molecule has 2 aromatic rings. The van der Waals surface area contributed by atoms with Gasteiger partial charge in [0.25, 0.3) is 0 Å². The topological polar surface area (TPSA) is 37.4 Å². The van der Waals surface area contributed by atoms with E-state index in [9.17, 15) is 12.8 Å².